The van der Waals surface area contributed by atoms with Gasteiger partial charge < -0.3 is 4.42 Å². The molecule has 0 aliphatic heterocycles. The van der Waals surface area contributed by atoms with Gasteiger partial charge in [0.15, 0.2) is 0 Å². The first-order chi connectivity index (χ1) is 22.3. The summed E-state index contributed by atoms with van der Waals surface area (Å²) in [4.78, 5) is 0. The molecule has 0 bridgehead atoms. The molecule has 0 saturated heterocycles. The van der Waals surface area contributed by atoms with Crippen molar-refractivity contribution in [3.63, 3.8) is 0 Å². The van der Waals surface area contributed by atoms with Crippen LogP contribution in [-0.2, 0) is 0 Å². The molecule has 0 aliphatic carbocycles. The maximum atomic E-state index is 6.31. The molecule has 1 nitrogen and oxygen atoms in total. The van der Waals surface area contributed by atoms with Crippen molar-refractivity contribution in [3.8, 4) is 44.5 Å². The van der Waals surface area contributed by atoms with Crippen LogP contribution >= 0.6 is 0 Å². The molecule has 210 valence electrons. The van der Waals surface area contributed by atoms with Gasteiger partial charge >= 0.3 is 0 Å². The van der Waals surface area contributed by atoms with Crippen LogP contribution in [0.1, 0.15) is 0 Å². The third kappa shape index (κ3) is 4.24. The summed E-state index contributed by atoms with van der Waals surface area (Å²) in [5.74, 6) is 0. The van der Waals surface area contributed by atoms with Gasteiger partial charge in [-0.2, -0.15) is 0 Å². The fourth-order valence-corrected chi connectivity index (χ4v) is 6.97. The van der Waals surface area contributed by atoms with E-state index in [4.69, 9.17) is 4.42 Å². The van der Waals surface area contributed by atoms with Crippen LogP contribution in [0, 0.1) is 0 Å². The lowest BCUT2D eigenvalue weighted by Gasteiger charge is -2.18. The fourth-order valence-electron chi connectivity index (χ4n) is 6.97. The minimum atomic E-state index is 0.915. The average Bonchev–Trinajstić information content (AvgIpc) is 3.49. The van der Waals surface area contributed by atoms with E-state index in [-0.39, 0.29) is 0 Å². The van der Waals surface area contributed by atoms with Gasteiger partial charge in [0, 0.05) is 10.8 Å². The van der Waals surface area contributed by atoms with Crippen LogP contribution < -0.4 is 0 Å². The van der Waals surface area contributed by atoms with E-state index < -0.39 is 0 Å². The number of furan rings is 1. The molecular formula is C44H28O. The van der Waals surface area contributed by atoms with E-state index >= 15 is 0 Å². The molecule has 45 heavy (non-hydrogen) atoms. The fraction of sp³-hybridized carbons (Fsp3) is 0. The summed E-state index contributed by atoms with van der Waals surface area (Å²) < 4.78 is 6.31. The molecule has 1 aromatic heterocycles. The summed E-state index contributed by atoms with van der Waals surface area (Å²) in [5, 5.41) is 7.26. The number of para-hydroxylation sites is 1. The first-order valence-electron chi connectivity index (χ1n) is 15.4. The minimum Gasteiger partial charge on any atom is -0.456 e. The van der Waals surface area contributed by atoms with Crippen molar-refractivity contribution in [1.29, 1.82) is 0 Å². The van der Waals surface area contributed by atoms with Crippen LogP contribution in [0.4, 0.5) is 0 Å². The molecule has 0 unspecified atom stereocenters. The lowest BCUT2D eigenvalue weighted by molar-refractivity contribution is 0.669. The Labute approximate surface area is 261 Å². The Bertz CT molecular complexity index is 2460. The molecule has 0 fully saturated rings. The van der Waals surface area contributed by atoms with Gasteiger partial charge in [-0.25, -0.2) is 0 Å². The largest absolute Gasteiger partial charge is 0.456 e. The highest BCUT2D eigenvalue weighted by Gasteiger charge is 2.18. The lowest BCUT2D eigenvalue weighted by atomic mass is 9.85. The highest BCUT2D eigenvalue weighted by atomic mass is 16.3. The van der Waals surface area contributed by atoms with Gasteiger partial charge in [-0.1, -0.05) is 146 Å². The Morgan fingerprint density at radius 3 is 1.33 bits per heavy atom. The zero-order valence-corrected chi connectivity index (χ0v) is 24.6. The van der Waals surface area contributed by atoms with E-state index in [1.807, 2.05) is 12.1 Å². The van der Waals surface area contributed by atoms with Crippen LogP contribution in [0.15, 0.2) is 174 Å². The number of benzene rings is 8. The highest BCUT2D eigenvalue weighted by Crippen LogP contribution is 2.45. The van der Waals surface area contributed by atoms with Crippen LogP contribution in [0.5, 0.6) is 0 Å². The number of hydrogen-bond acceptors (Lipinski definition) is 1. The smallest absolute Gasteiger partial charge is 0.136 e. The monoisotopic (exact) mass is 572 g/mol. The first kappa shape index (κ1) is 25.6. The van der Waals surface area contributed by atoms with Gasteiger partial charge in [-0.3, -0.25) is 0 Å². The second kappa shape index (κ2) is 10.4. The predicted octanol–water partition coefficient (Wildman–Crippen LogP) is 12.6. The van der Waals surface area contributed by atoms with Crippen molar-refractivity contribution in [2.24, 2.45) is 0 Å². The SMILES string of the molecule is c1ccc(-c2cccc(-c3ccc(-c4c5ccccc5c(-c5ccc6c(c5)oc5ccccc56)c5ccccc45)cc3)c2)cc1. The molecule has 0 aliphatic rings. The Kier molecular flexibility index (Phi) is 5.89. The number of rotatable bonds is 4. The summed E-state index contributed by atoms with van der Waals surface area (Å²) in [7, 11) is 0. The molecular weight excluding hydrogens is 544 g/mol. The normalized spacial score (nSPS) is 11.6. The van der Waals surface area contributed by atoms with Gasteiger partial charge in [0.1, 0.15) is 11.2 Å². The molecule has 0 spiro atoms. The second-order valence-corrected chi connectivity index (χ2v) is 11.7. The van der Waals surface area contributed by atoms with Gasteiger partial charge in [-0.15, -0.1) is 0 Å². The molecule has 1 heteroatoms. The summed E-state index contributed by atoms with van der Waals surface area (Å²) in [5.41, 5.74) is 11.6. The molecule has 0 saturated carbocycles. The number of fused-ring (bicyclic) bond motifs is 5. The molecule has 9 rings (SSSR count). The van der Waals surface area contributed by atoms with Gasteiger partial charge in [0.05, 0.1) is 0 Å². The van der Waals surface area contributed by atoms with Crippen molar-refractivity contribution < 1.29 is 4.42 Å². The van der Waals surface area contributed by atoms with Crippen molar-refractivity contribution in [1.82, 2.24) is 0 Å². The third-order valence-corrected chi connectivity index (χ3v) is 9.08. The van der Waals surface area contributed by atoms with Crippen LogP contribution in [0.25, 0.3) is 88.0 Å². The van der Waals surface area contributed by atoms with E-state index in [9.17, 15) is 0 Å². The summed E-state index contributed by atoms with van der Waals surface area (Å²) in [6.07, 6.45) is 0. The van der Waals surface area contributed by atoms with E-state index in [0.717, 1.165) is 27.5 Å². The standard InChI is InChI=1S/C44H28O/c1-2-11-29(12-3-1)32-13-10-14-33(27-32)30-21-23-31(24-22-30)43-37-16-4-6-18-39(37)44(40-19-7-5-17-38(40)43)34-25-26-36-35-15-8-9-20-41(35)45-42(36)28-34/h1-28H. The van der Waals surface area contributed by atoms with Gasteiger partial charge in [-0.05, 0) is 90.3 Å². The summed E-state index contributed by atoms with van der Waals surface area (Å²) >= 11 is 0. The molecule has 0 N–H and O–H groups in total. The minimum absolute atomic E-state index is 0.915. The molecule has 0 atom stereocenters. The Morgan fingerprint density at radius 2 is 0.689 bits per heavy atom. The Balaban J connectivity index is 1.21. The molecule has 0 amide bonds. The Hall–Kier alpha value is -5.92. The molecule has 8 aromatic carbocycles. The molecule has 9 aromatic rings. The maximum Gasteiger partial charge on any atom is 0.136 e. The van der Waals surface area contributed by atoms with Gasteiger partial charge in [0.25, 0.3) is 0 Å². The van der Waals surface area contributed by atoms with Crippen LogP contribution in [-0.4, -0.2) is 0 Å². The van der Waals surface area contributed by atoms with E-state index in [2.05, 4.69) is 158 Å². The zero-order chi connectivity index (χ0) is 29.7. The van der Waals surface area contributed by atoms with Crippen molar-refractivity contribution in [2.75, 3.05) is 0 Å². The average molecular weight is 573 g/mol. The number of hydrogen-bond donors (Lipinski definition) is 0. The zero-order valence-electron chi connectivity index (χ0n) is 24.6. The highest BCUT2D eigenvalue weighted by molar-refractivity contribution is 6.22. The van der Waals surface area contributed by atoms with Gasteiger partial charge in [0.2, 0.25) is 0 Å². The molecule has 1 heterocycles. The lowest BCUT2D eigenvalue weighted by Crippen LogP contribution is -1.91. The quantitative estimate of drug-likeness (QED) is 0.191. The van der Waals surface area contributed by atoms with E-state index in [1.165, 1.54) is 60.5 Å². The predicted molar refractivity (Wildman–Crippen MR) is 190 cm³/mol. The van der Waals surface area contributed by atoms with Crippen molar-refractivity contribution in [3.05, 3.63) is 170 Å². The van der Waals surface area contributed by atoms with Crippen molar-refractivity contribution in [2.45, 2.75) is 0 Å². The Morgan fingerprint density at radius 1 is 0.244 bits per heavy atom. The second-order valence-electron chi connectivity index (χ2n) is 11.7. The maximum absolute atomic E-state index is 6.31. The summed E-state index contributed by atoms with van der Waals surface area (Å²) in [6.45, 7) is 0. The topological polar surface area (TPSA) is 13.1 Å². The van der Waals surface area contributed by atoms with E-state index in [0.29, 0.717) is 0 Å². The first-order valence-corrected chi connectivity index (χ1v) is 15.4. The van der Waals surface area contributed by atoms with E-state index in [1.54, 1.807) is 0 Å². The third-order valence-electron chi connectivity index (χ3n) is 9.08. The molecule has 0 radical (unpaired) electrons. The summed E-state index contributed by atoms with van der Waals surface area (Å²) in [6, 6.07) is 61.0. The van der Waals surface area contributed by atoms with Crippen LogP contribution in [0.3, 0.4) is 0 Å². The van der Waals surface area contributed by atoms with Crippen molar-refractivity contribution >= 4 is 43.5 Å². The van der Waals surface area contributed by atoms with Crippen LogP contribution in [0.2, 0.25) is 0 Å².